The number of sulfone groups is 1. The lowest BCUT2D eigenvalue weighted by Gasteiger charge is -2.28. The Morgan fingerprint density at radius 2 is 1.82 bits per heavy atom. The third-order valence-electron chi connectivity index (χ3n) is 6.27. The number of fused-ring (bicyclic) bond motifs is 1. The molecule has 1 aromatic heterocycles. The van der Waals surface area contributed by atoms with Crippen LogP contribution in [0, 0.1) is 17.1 Å². The van der Waals surface area contributed by atoms with E-state index in [0.717, 1.165) is 24.3 Å². The molecular weight excluding hydrogens is 530 g/mol. The smallest absolute Gasteiger partial charge is 0.336 e. The number of para-hydroxylation sites is 2. The first kappa shape index (κ1) is 27.3. The molecule has 0 radical (unpaired) electrons. The molecule has 1 heterocycles. The number of benzene rings is 2. The summed E-state index contributed by atoms with van der Waals surface area (Å²) in [4.78, 5) is 27.8. The largest absolute Gasteiger partial charge is 0.407 e. The number of rotatable bonds is 10. The predicted octanol–water partition coefficient (Wildman–Crippen LogP) is 2.32. The summed E-state index contributed by atoms with van der Waals surface area (Å²) in [6, 6.07) is 7.43. The molecule has 1 aliphatic carbocycles. The van der Waals surface area contributed by atoms with Crippen molar-refractivity contribution < 1.29 is 30.8 Å². The van der Waals surface area contributed by atoms with Gasteiger partial charge in [0, 0.05) is 6.54 Å². The number of aromatic nitrogens is 2. The van der Waals surface area contributed by atoms with Gasteiger partial charge in [-0.15, -0.1) is 0 Å². The van der Waals surface area contributed by atoms with E-state index in [9.17, 15) is 40.8 Å². The number of hydrogen-bond acceptors (Lipinski definition) is 6. The van der Waals surface area contributed by atoms with Crippen LogP contribution in [0.25, 0.3) is 11.0 Å². The Morgan fingerprint density at radius 3 is 2.42 bits per heavy atom. The van der Waals surface area contributed by atoms with Crippen LogP contribution in [0.15, 0.2) is 53.3 Å². The van der Waals surface area contributed by atoms with Crippen LogP contribution in [-0.4, -0.2) is 53.1 Å². The van der Waals surface area contributed by atoms with Crippen LogP contribution in [0.1, 0.15) is 24.4 Å². The van der Waals surface area contributed by atoms with E-state index in [-0.39, 0.29) is 19.4 Å². The minimum atomic E-state index is -4.97. The third-order valence-corrected chi connectivity index (χ3v) is 7.92. The summed E-state index contributed by atoms with van der Waals surface area (Å²) in [5, 5.41) is 13.7. The number of aryl methyl sites for hydroxylation is 1. The zero-order chi connectivity index (χ0) is 27.7. The van der Waals surface area contributed by atoms with Gasteiger partial charge in [0.05, 0.1) is 28.6 Å². The molecule has 4 rings (SSSR count). The van der Waals surface area contributed by atoms with Crippen molar-refractivity contribution in [2.75, 3.05) is 11.5 Å². The fraction of sp³-hybridized carbons (Fsp3) is 0.375. The molecule has 3 N–H and O–H groups in total. The first-order valence-electron chi connectivity index (χ1n) is 11.5. The van der Waals surface area contributed by atoms with Crippen molar-refractivity contribution in [3.8, 4) is 6.07 Å². The number of H-pyrrole nitrogens is 1. The van der Waals surface area contributed by atoms with Crippen LogP contribution in [0.4, 0.5) is 17.6 Å². The minimum absolute atomic E-state index is 0.277. The molecule has 1 amide bonds. The molecule has 1 aliphatic rings. The zero-order valence-corrected chi connectivity index (χ0v) is 20.6. The van der Waals surface area contributed by atoms with Gasteiger partial charge in [0.25, 0.3) is 0 Å². The number of nitriles is 1. The maximum Gasteiger partial charge on any atom is 0.407 e. The second-order valence-corrected chi connectivity index (χ2v) is 11.4. The van der Waals surface area contributed by atoms with Crippen molar-refractivity contribution in [3.63, 3.8) is 0 Å². The second-order valence-electron chi connectivity index (χ2n) is 9.14. The molecule has 0 spiro atoms. The second kappa shape index (κ2) is 10.2. The summed E-state index contributed by atoms with van der Waals surface area (Å²) >= 11 is 0. The number of amides is 1. The average Bonchev–Trinajstić information content (AvgIpc) is 3.54. The highest BCUT2D eigenvalue weighted by Crippen LogP contribution is 2.35. The number of hydrogen-bond donors (Lipinski definition) is 3. The van der Waals surface area contributed by atoms with Gasteiger partial charge in [-0.1, -0.05) is 24.3 Å². The number of imidazole rings is 1. The van der Waals surface area contributed by atoms with Gasteiger partial charge in [0.15, 0.2) is 9.84 Å². The lowest BCUT2D eigenvalue weighted by atomic mass is 10.0. The van der Waals surface area contributed by atoms with E-state index in [1.54, 1.807) is 24.3 Å². The summed E-state index contributed by atoms with van der Waals surface area (Å²) in [6.45, 7) is -0.303. The van der Waals surface area contributed by atoms with Crippen molar-refractivity contribution >= 4 is 26.8 Å². The molecule has 1 saturated carbocycles. The van der Waals surface area contributed by atoms with E-state index in [4.69, 9.17) is 0 Å². The summed E-state index contributed by atoms with van der Waals surface area (Å²) in [6.07, 6.45) is -4.42. The van der Waals surface area contributed by atoms with E-state index in [2.05, 4.69) is 15.6 Å². The van der Waals surface area contributed by atoms with Crippen LogP contribution >= 0.6 is 0 Å². The van der Waals surface area contributed by atoms with Crippen LogP contribution in [-0.2, 0) is 21.2 Å². The highest BCUT2D eigenvalue weighted by atomic mass is 32.2. The Morgan fingerprint density at radius 1 is 1.16 bits per heavy atom. The molecule has 2 atom stereocenters. The Bertz CT molecular complexity index is 1540. The molecule has 0 unspecified atom stereocenters. The Labute approximate surface area is 214 Å². The molecule has 202 valence electrons. The van der Waals surface area contributed by atoms with Crippen LogP contribution in [0.3, 0.4) is 0 Å². The Hall–Kier alpha value is -3.70. The SMILES string of the molecule is N#CC1(NC(=O)[C@H](CS(=O)(=O)CCn2c(=O)[nH]c3ccccc32)N[C@@H](c2ccc(F)cc2)C(F)(F)F)CC1. The van der Waals surface area contributed by atoms with Crippen LogP contribution in [0.5, 0.6) is 0 Å². The summed E-state index contributed by atoms with van der Waals surface area (Å²) in [5.41, 5.74) is -1.33. The van der Waals surface area contributed by atoms with E-state index in [1.807, 2.05) is 6.07 Å². The number of aromatic amines is 1. The Balaban J connectivity index is 1.58. The van der Waals surface area contributed by atoms with Gasteiger partial charge in [-0.25, -0.2) is 17.6 Å². The van der Waals surface area contributed by atoms with Gasteiger partial charge >= 0.3 is 11.9 Å². The van der Waals surface area contributed by atoms with Crippen LogP contribution in [0.2, 0.25) is 0 Å². The maximum atomic E-state index is 14.0. The molecule has 1 fully saturated rings. The van der Waals surface area contributed by atoms with Gasteiger partial charge < -0.3 is 10.3 Å². The quantitative estimate of drug-likeness (QED) is 0.330. The van der Waals surface area contributed by atoms with Crippen molar-refractivity contribution in [2.24, 2.45) is 0 Å². The van der Waals surface area contributed by atoms with E-state index in [1.165, 1.54) is 4.57 Å². The first-order chi connectivity index (χ1) is 17.8. The summed E-state index contributed by atoms with van der Waals surface area (Å²) in [5.74, 6) is -3.54. The van der Waals surface area contributed by atoms with E-state index >= 15 is 0 Å². The molecule has 3 aromatic rings. The van der Waals surface area contributed by atoms with Crippen molar-refractivity contribution in [1.82, 2.24) is 20.2 Å². The van der Waals surface area contributed by atoms with E-state index in [0.29, 0.717) is 11.0 Å². The number of nitrogens with zero attached hydrogens (tertiary/aromatic N) is 2. The highest BCUT2D eigenvalue weighted by molar-refractivity contribution is 7.91. The highest BCUT2D eigenvalue weighted by Gasteiger charge is 2.48. The number of halogens is 4. The topological polar surface area (TPSA) is 137 Å². The van der Waals surface area contributed by atoms with Crippen molar-refractivity contribution in [3.05, 3.63) is 70.4 Å². The molecule has 0 saturated heterocycles. The zero-order valence-electron chi connectivity index (χ0n) is 19.8. The van der Waals surface area contributed by atoms with Gasteiger partial charge in [0.1, 0.15) is 23.4 Å². The fourth-order valence-corrected chi connectivity index (χ4v) is 5.43. The number of carbonyl (C=O) groups is 1. The van der Waals surface area contributed by atoms with Crippen LogP contribution < -0.4 is 16.3 Å². The summed E-state index contributed by atoms with van der Waals surface area (Å²) in [7, 11) is -4.22. The van der Waals surface area contributed by atoms with Crippen molar-refractivity contribution in [1.29, 1.82) is 5.26 Å². The number of alkyl halides is 3. The Kier molecular flexibility index (Phi) is 7.35. The molecule has 2 aromatic carbocycles. The molecule has 14 heteroatoms. The van der Waals surface area contributed by atoms with E-state index < -0.39 is 68.1 Å². The fourth-order valence-electron chi connectivity index (χ4n) is 4.04. The lowest BCUT2D eigenvalue weighted by Crippen LogP contribution is -2.54. The summed E-state index contributed by atoms with van der Waals surface area (Å²) < 4.78 is 82.4. The number of nitrogens with one attached hydrogen (secondary N) is 3. The van der Waals surface area contributed by atoms with Gasteiger partial charge in [-0.05, 0) is 42.7 Å². The molecule has 38 heavy (non-hydrogen) atoms. The van der Waals surface area contributed by atoms with Gasteiger partial charge in [0.2, 0.25) is 5.91 Å². The third kappa shape index (κ3) is 6.22. The monoisotopic (exact) mass is 553 g/mol. The normalized spacial score (nSPS) is 16.5. The first-order valence-corrected chi connectivity index (χ1v) is 13.3. The molecular formula is C24H23F4N5O4S. The lowest BCUT2D eigenvalue weighted by molar-refractivity contribution is -0.160. The van der Waals surface area contributed by atoms with Gasteiger partial charge in [-0.2, -0.15) is 18.4 Å². The molecule has 9 nitrogen and oxygen atoms in total. The molecule has 0 aliphatic heterocycles. The van der Waals surface area contributed by atoms with Crippen molar-refractivity contribution in [2.45, 2.75) is 43.2 Å². The molecule has 0 bridgehead atoms. The average molecular weight is 554 g/mol. The maximum absolute atomic E-state index is 14.0. The standard InChI is InChI=1S/C24H23F4N5O4S/c25-16-7-5-15(6-8-16)20(24(26,27)28)30-18(21(34)32-23(14-29)9-10-23)13-38(36,37)12-11-33-19-4-2-1-3-17(19)31-22(33)35/h1-8,18,20,30H,9-13H2,(H,31,35)(H,32,34)/t18-,20-/m0/s1. The van der Waals surface area contributed by atoms with Gasteiger partial charge in [-0.3, -0.25) is 14.7 Å². The predicted molar refractivity (Wildman–Crippen MR) is 129 cm³/mol. The minimum Gasteiger partial charge on any atom is -0.336 e. The number of carbonyl (C=O) groups excluding carboxylic acids is 1.